The lowest BCUT2D eigenvalue weighted by Gasteiger charge is -2.13. The van der Waals surface area contributed by atoms with Gasteiger partial charge in [0.05, 0.1) is 0 Å². The Morgan fingerprint density at radius 1 is 0.630 bits per heavy atom. The molecule has 0 spiro atoms. The van der Waals surface area contributed by atoms with Gasteiger partial charge in [-0.15, -0.1) is 0 Å². The second kappa shape index (κ2) is 13.0. The maximum Gasteiger partial charge on any atom is -0.0179 e. The molecule has 0 aromatic heterocycles. The van der Waals surface area contributed by atoms with Crippen LogP contribution < -0.4 is 0 Å². The molecule has 0 N–H and O–H groups in total. The van der Waals surface area contributed by atoms with Crippen LogP contribution >= 0.6 is 0 Å². The molecule has 0 aliphatic carbocycles. The van der Waals surface area contributed by atoms with Gasteiger partial charge in [-0.25, -0.2) is 0 Å². The minimum atomic E-state index is 0.679. The van der Waals surface area contributed by atoms with Crippen molar-refractivity contribution in [2.75, 3.05) is 0 Å². The number of hydrogen-bond donors (Lipinski definition) is 0. The van der Waals surface area contributed by atoms with Crippen LogP contribution in [-0.2, 0) is 0 Å². The van der Waals surface area contributed by atoms with E-state index in [4.69, 9.17) is 0 Å². The van der Waals surface area contributed by atoms with E-state index >= 15 is 0 Å². The zero-order chi connectivity index (χ0) is 19.3. The van der Waals surface area contributed by atoms with E-state index in [0.717, 1.165) is 0 Å². The monoisotopic (exact) mass is 366 g/mol. The summed E-state index contributed by atoms with van der Waals surface area (Å²) in [6.07, 6.45) is 18.5. The zero-order valence-corrected chi connectivity index (χ0v) is 18.2. The molecule has 0 aliphatic rings. The first-order valence-electron chi connectivity index (χ1n) is 11.7. The third-order valence-corrected chi connectivity index (χ3v) is 6.08. The fourth-order valence-electron chi connectivity index (χ4n) is 4.15. The molecular weight excluding hydrogens is 324 g/mol. The molecule has 0 heteroatoms. The summed E-state index contributed by atoms with van der Waals surface area (Å²) in [6, 6.07) is 13.8. The molecule has 0 saturated heterocycles. The summed E-state index contributed by atoms with van der Waals surface area (Å²) in [4.78, 5) is 0. The van der Waals surface area contributed by atoms with Gasteiger partial charge in [0.2, 0.25) is 0 Å². The van der Waals surface area contributed by atoms with Crippen molar-refractivity contribution in [2.24, 2.45) is 0 Å². The van der Waals surface area contributed by atoms with Crippen molar-refractivity contribution in [3.05, 3.63) is 47.5 Å². The topological polar surface area (TPSA) is 0 Å². The first kappa shape index (κ1) is 22.0. The molecule has 0 fully saturated rings. The third kappa shape index (κ3) is 8.50. The van der Waals surface area contributed by atoms with E-state index in [2.05, 4.69) is 57.2 Å². The van der Waals surface area contributed by atoms with E-state index in [0.29, 0.717) is 5.92 Å². The van der Waals surface area contributed by atoms with E-state index in [1.54, 1.807) is 0 Å². The number of benzene rings is 2. The number of hydrogen-bond acceptors (Lipinski definition) is 0. The molecule has 2 rings (SSSR count). The van der Waals surface area contributed by atoms with Gasteiger partial charge in [-0.3, -0.25) is 0 Å². The molecular formula is C27H42. The Kier molecular flexibility index (Phi) is 10.6. The average Bonchev–Trinajstić information content (AvgIpc) is 2.68. The number of fused-ring (bicyclic) bond motifs is 1. The van der Waals surface area contributed by atoms with Crippen LogP contribution in [0, 0.1) is 6.92 Å². The van der Waals surface area contributed by atoms with Gasteiger partial charge in [0.15, 0.2) is 0 Å². The van der Waals surface area contributed by atoms with Crippen LogP contribution in [0.25, 0.3) is 10.8 Å². The van der Waals surface area contributed by atoms with Gasteiger partial charge in [0.1, 0.15) is 0 Å². The maximum atomic E-state index is 2.41. The number of rotatable bonds is 14. The van der Waals surface area contributed by atoms with Crippen LogP contribution in [0.3, 0.4) is 0 Å². The molecule has 2 aromatic rings. The molecule has 150 valence electrons. The van der Waals surface area contributed by atoms with Gasteiger partial charge < -0.3 is 0 Å². The fraction of sp³-hybridized carbons (Fsp3) is 0.630. The van der Waals surface area contributed by atoms with Gasteiger partial charge in [0.25, 0.3) is 0 Å². The SMILES string of the molecule is CCCCCCCCCCCCCCC(C)c1ccc2ccc(C)cc2c1. The van der Waals surface area contributed by atoms with Crippen molar-refractivity contribution in [1.29, 1.82) is 0 Å². The lowest BCUT2D eigenvalue weighted by atomic mass is 9.92. The second-order valence-corrected chi connectivity index (χ2v) is 8.69. The van der Waals surface area contributed by atoms with Crippen LogP contribution in [0.4, 0.5) is 0 Å². The largest absolute Gasteiger partial charge is 0.0654 e. The Labute approximate surface area is 168 Å². The fourth-order valence-corrected chi connectivity index (χ4v) is 4.15. The van der Waals surface area contributed by atoms with Crippen LogP contribution in [0.5, 0.6) is 0 Å². The van der Waals surface area contributed by atoms with E-state index < -0.39 is 0 Å². The summed E-state index contributed by atoms with van der Waals surface area (Å²) in [7, 11) is 0. The average molecular weight is 367 g/mol. The van der Waals surface area contributed by atoms with Gasteiger partial charge >= 0.3 is 0 Å². The zero-order valence-electron chi connectivity index (χ0n) is 18.2. The predicted molar refractivity (Wildman–Crippen MR) is 123 cm³/mol. The lowest BCUT2D eigenvalue weighted by Crippen LogP contribution is -1.94. The summed E-state index contributed by atoms with van der Waals surface area (Å²) in [5, 5.41) is 2.76. The molecule has 0 radical (unpaired) electrons. The van der Waals surface area contributed by atoms with Gasteiger partial charge in [0, 0.05) is 0 Å². The summed E-state index contributed by atoms with van der Waals surface area (Å²) in [6.45, 7) is 6.88. The first-order chi connectivity index (χ1) is 13.2. The summed E-state index contributed by atoms with van der Waals surface area (Å²) < 4.78 is 0. The maximum absolute atomic E-state index is 2.41. The molecule has 1 atom stereocenters. The Balaban J connectivity index is 1.54. The van der Waals surface area contributed by atoms with Crippen molar-refractivity contribution in [3.63, 3.8) is 0 Å². The van der Waals surface area contributed by atoms with Crippen molar-refractivity contribution in [3.8, 4) is 0 Å². The van der Waals surface area contributed by atoms with Gasteiger partial charge in [-0.1, -0.05) is 133 Å². The standard InChI is InChI=1S/C27H42/c1-4-5-6-7-8-9-10-11-12-13-14-15-16-24(3)26-20-19-25-18-17-23(2)21-27(25)22-26/h17-22,24H,4-16H2,1-3H3. The van der Waals surface area contributed by atoms with Crippen LogP contribution in [0.1, 0.15) is 114 Å². The molecule has 1 unspecified atom stereocenters. The summed E-state index contributed by atoms with van der Waals surface area (Å²) >= 11 is 0. The summed E-state index contributed by atoms with van der Waals surface area (Å²) in [5.74, 6) is 0.679. The highest BCUT2D eigenvalue weighted by atomic mass is 14.1. The van der Waals surface area contributed by atoms with E-state index in [9.17, 15) is 0 Å². The van der Waals surface area contributed by atoms with Crippen LogP contribution in [-0.4, -0.2) is 0 Å². The third-order valence-electron chi connectivity index (χ3n) is 6.08. The molecule has 27 heavy (non-hydrogen) atoms. The Morgan fingerprint density at radius 2 is 1.19 bits per heavy atom. The number of unbranched alkanes of at least 4 members (excludes halogenated alkanes) is 11. The highest BCUT2D eigenvalue weighted by Crippen LogP contribution is 2.26. The Morgan fingerprint density at radius 3 is 1.81 bits per heavy atom. The van der Waals surface area contributed by atoms with Crippen molar-refractivity contribution in [1.82, 2.24) is 0 Å². The summed E-state index contributed by atoms with van der Waals surface area (Å²) in [5.41, 5.74) is 2.87. The predicted octanol–water partition coefficient (Wildman–Crippen LogP) is 9.34. The minimum Gasteiger partial charge on any atom is -0.0654 e. The highest BCUT2D eigenvalue weighted by molar-refractivity contribution is 5.83. The molecule has 0 bridgehead atoms. The van der Waals surface area contributed by atoms with Crippen molar-refractivity contribution >= 4 is 10.8 Å². The Bertz CT molecular complexity index is 640. The van der Waals surface area contributed by atoms with E-state index in [-0.39, 0.29) is 0 Å². The highest BCUT2D eigenvalue weighted by Gasteiger charge is 2.06. The molecule has 0 nitrogen and oxygen atoms in total. The van der Waals surface area contributed by atoms with Crippen LogP contribution in [0.2, 0.25) is 0 Å². The Hall–Kier alpha value is -1.30. The van der Waals surface area contributed by atoms with Gasteiger partial charge in [-0.05, 0) is 35.6 Å². The smallest absolute Gasteiger partial charge is 0.0179 e. The molecule has 0 amide bonds. The first-order valence-corrected chi connectivity index (χ1v) is 11.7. The second-order valence-electron chi connectivity index (χ2n) is 8.69. The quantitative estimate of drug-likeness (QED) is 0.292. The normalized spacial score (nSPS) is 12.6. The van der Waals surface area contributed by atoms with Crippen molar-refractivity contribution < 1.29 is 0 Å². The molecule has 0 aliphatic heterocycles. The van der Waals surface area contributed by atoms with Crippen LogP contribution in [0.15, 0.2) is 36.4 Å². The number of aryl methyl sites for hydroxylation is 1. The minimum absolute atomic E-state index is 0.679. The van der Waals surface area contributed by atoms with Crippen molar-refractivity contribution in [2.45, 2.75) is 110 Å². The van der Waals surface area contributed by atoms with E-state index in [1.807, 2.05) is 0 Å². The molecule has 0 heterocycles. The lowest BCUT2D eigenvalue weighted by molar-refractivity contribution is 0.529. The van der Waals surface area contributed by atoms with Gasteiger partial charge in [-0.2, -0.15) is 0 Å². The molecule has 2 aromatic carbocycles. The van der Waals surface area contributed by atoms with E-state index in [1.165, 1.54) is 105 Å². The molecule has 0 saturated carbocycles.